The van der Waals surface area contributed by atoms with E-state index in [9.17, 15) is 0 Å². The molecule has 5 rings (SSSR count). The van der Waals surface area contributed by atoms with Crippen LogP contribution < -0.4 is 0 Å². The van der Waals surface area contributed by atoms with Gasteiger partial charge < -0.3 is 0 Å². The molecule has 3 aromatic rings. The monoisotopic (exact) mass is 321 g/mol. The van der Waals surface area contributed by atoms with Crippen LogP contribution in [-0.2, 0) is 0 Å². The highest BCUT2D eigenvalue weighted by Gasteiger charge is 2.31. The van der Waals surface area contributed by atoms with Crippen LogP contribution in [0.1, 0.15) is 5.56 Å². The first-order valence-corrected chi connectivity index (χ1v) is 7.82. The Balaban J connectivity index is 1.78. The largest absolute Gasteiger partial charge is 0.294 e. The fraction of sp³-hybridized carbons (Fsp3) is 0.118. The lowest BCUT2D eigenvalue weighted by Gasteiger charge is -2.27. The number of hydrogen-bond donors (Lipinski definition) is 0. The first-order chi connectivity index (χ1) is 11.3. The second-order valence-electron chi connectivity index (χ2n) is 5.53. The van der Waals surface area contributed by atoms with E-state index < -0.39 is 0 Å². The summed E-state index contributed by atoms with van der Waals surface area (Å²) in [5.74, 6) is 1.78. The molecule has 0 fully saturated rings. The average molecular weight is 322 g/mol. The van der Waals surface area contributed by atoms with Gasteiger partial charge in [-0.05, 0) is 30.3 Å². The third-order valence-electron chi connectivity index (χ3n) is 4.17. The number of nitrogens with zero attached hydrogens (tertiary/aromatic N) is 5. The van der Waals surface area contributed by atoms with Crippen molar-refractivity contribution in [2.24, 2.45) is 9.98 Å². The van der Waals surface area contributed by atoms with Gasteiger partial charge in [0.2, 0.25) is 5.96 Å². The minimum Gasteiger partial charge on any atom is -0.294 e. The molecule has 2 aliphatic rings. The molecule has 0 aliphatic carbocycles. The molecule has 0 bridgehead atoms. The third-order valence-corrected chi connectivity index (χ3v) is 4.41. The molecule has 5 nitrogen and oxygen atoms in total. The molecular weight excluding hydrogens is 310 g/mol. The number of rotatable bonds is 0. The van der Waals surface area contributed by atoms with E-state index in [4.69, 9.17) is 16.6 Å². The van der Waals surface area contributed by atoms with Crippen LogP contribution in [0.3, 0.4) is 0 Å². The molecule has 23 heavy (non-hydrogen) atoms. The van der Waals surface area contributed by atoms with E-state index in [-0.39, 0.29) is 0 Å². The van der Waals surface area contributed by atoms with Gasteiger partial charge in [0.05, 0.1) is 23.3 Å². The van der Waals surface area contributed by atoms with E-state index in [0.29, 0.717) is 5.02 Å². The van der Waals surface area contributed by atoms with Crippen LogP contribution in [0.4, 0.5) is 5.69 Å². The fourth-order valence-electron chi connectivity index (χ4n) is 3.13. The summed E-state index contributed by atoms with van der Waals surface area (Å²) < 4.78 is 2.01. The molecular formula is C17H12ClN5. The zero-order chi connectivity index (χ0) is 15.4. The number of amidine groups is 1. The molecule has 0 unspecified atom stereocenters. The van der Waals surface area contributed by atoms with Crippen LogP contribution in [0.2, 0.25) is 5.02 Å². The standard InChI is InChI=1S/C17H12ClN5/c18-11-5-6-12-14(9-11)21-17(22-8-7-19-16(12)22)23-10-20-13-3-1-2-4-15(13)23/h1-6,9-10H,7-8H2. The van der Waals surface area contributed by atoms with Gasteiger partial charge in [0.15, 0.2) is 0 Å². The molecule has 0 spiro atoms. The second-order valence-corrected chi connectivity index (χ2v) is 5.97. The number of hydrogen-bond acceptors (Lipinski definition) is 4. The zero-order valence-corrected chi connectivity index (χ0v) is 12.9. The average Bonchev–Trinajstić information content (AvgIpc) is 3.21. The molecule has 0 saturated heterocycles. The normalized spacial score (nSPS) is 16.1. The summed E-state index contributed by atoms with van der Waals surface area (Å²) in [5.41, 5.74) is 3.86. The summed E-state index contributed by atoms with van der Waals surface area (Å²) in [6.45, 7) is 1.59. The Labute approximate surface area is 137 Å². The second kappa shape index (κ2) is 4.67. The van der Waals surface area contributed by atoms with Gasteiger partial charge in [-0.3, -0.25) is 14.5 Å². The van der Waals surface area contributed by atoms with Crippen LogP contribution in [0.5, 0.6) is 0 Å². The van der Waals surface area contributed by atoms with Crippen molar-refractivity contribution in [3.8, 4) is 0 Å². The maximum Gasteiger partial charge on any atom is 0.217 e. The number of benzene rings is 2. The van der Waals surface area contributed by atoms with Crippen molar-refractivity contribution in [3.63, 3.8) is 0 Å². The summed E-state index contributed by atoms with van der Waals surface area (Å²) in [7, 11) is 0. The molecule has 0 atom stereocenters. The highest BCUT2D eigenvalue weighted by Crippen LogP contribution is 2.32. The minimum atomic E-state index is 0.675. The molecule has 0 N–H and O–H groups in total. The Morgan fingerprint density at radius 2 is 2.00 bits per heavy atom. The molecule has 0 radical (unpaired) electrons. The lowest BCUT2D eigenvalue weighted by Crippen LogP contribution is -2.41. The molecule has 0 saturated carbocycles. The quantitative estimate of drug-likeness (QED) is 0.637. The smallest absolute Gasteiger partial charge is 0.217 e. The molecule has 6 heteroatoms. The van der Waals surface area contributed by atoms with Crippen LogP contribution in [0, 0.1) is 0 Å². The Hall–Kier alpha value is -2.66. The topological polar surface area (TPSA) is 45.8 Å². The van der Waals surface area contributed by atoms with Gasteiger partial charge in [-0.2, -0.15) is 0 Å². The number of aliphatic imine (C=N–C) groups is 2. The summed E-state index contributed by atoms with van der Waals surface area (Å²) in [5, 5.41) is 0.675. The fourth-order valence-corrected chi connectivity index (χ4v) is 3.30. The number of halogens is 1. The summed E-state index contributed by atoms with van der Waals surface area (Å²) >= 11 is 6.15. The predicted octanol–water partition coefficient (Wildman–Crippen LogP) is 3.30. The Morgan fingerprint density at radius 3 is 2.96 bits per heavy atom. The van der Waals surface area contributed by atoms with Crippen LogP contribution >= 0.6 is 11.6 Å². The van der Waals surface area contributed by atoms with Gasteiger partial charge in [-0.15, -0.1) is 0 Å². The van der Waals surface area contributed by atoms with Crippen molar-refractivity contribution in [1.82, 2.24) is 14.5 Å². The van der Waals surface area contributed by atoms with Gasteiger partial charge in [0, 0.05) is 17.1 Å². The van der Waals surface area contributed by atoms with Gasteiger partial charge in [0.25, 0.3) is 0 Å². The molecule has 2 aliphatic heterocycles. The summed E-state index contributed by atoms with van der Waals surface area (Å²) in [6, 6.07) is 13.8. The Bertz CT molecular complexity index is 1000. The highest BCUT2D eigenvalue weighted by atomic mass is 35.5. The van der Waals surface area contributed by atoms with E-state index in [1.54, 1.807) is 0 Å². The van der Waals surface area contributed by atoms with E-state index in [0.717, 1.165) is 47.2 Å². The molecule has 3 heterocycles. The highest BCUT2D eigenvalue weighted by molar-refractivity contribution is 6.31. The number of fused-ring (bicyclic) bond motifs is 4. The van der Waals surface area contributed by atoms with Crippen molar-refractivity contribution in [1.29, 1.82) is 0 Å². The van der Waals surface area contributed by atoms with Crippen LogP contribution in [0.25, 0.3) is 11.0 Å². The molecule has 2 aromatic carbocycles. The van der Waals surface area contributed by atoms with Crippen LogP contribution in [-0.4, -0.2) is 39.3 Å². The minimum absolute atomic E-state index is 0.675. The summed E-state index contributed by atoms with van der Waals surface area (Å²) in [6.07, 6.45) is 1.81. The van der Waals surface area contributed by atoms with Gasteiger partial charge in [-0.25, -0.2) is 9.98 Å². The van der Waals surface area contributed by atoms with Gasteiger partial charge >= 0.3 is 0 Å². The Kier molecular flexibility index (Phi) is 2.60. The van der Waals surface area contributed by atoms with E-state index in [1.165, 1.54) is 0 Å². The number of para-hydroxylation sites is 2. The van der Waals surface area contributed by atoms with Gasteiger partial charge in [0.1, 0.15) is 12.2 Å². The van der Waals surface area contributed by atoms with Crippen molar-refractivity contribution >= 4 is 40.1 Å². The number of imidazole rings is 1. The van der Waals surface area contributed by atoms with E-state index >= 15 is 0 Å². The first kappa shape index (κ1) is 12.8. The van der Waals surface area contributed by atoms with E-state index in [2.05, 4.69) is 14.9 Å². The number of aromatic nitrogens is 2. The maximum absolute atomic E-state index is 6.15. The third kappa shape index (κ3) is 1.83. The van der Waals surface area contributed by atoms with Crippen LogP contribution in [0.15, 0.2) is 58.8 Å². The van der Waals surface area contributed by atoms with Crippen molar-refractivity contribution in [2.45, 2.75) is 0 Å². The molecule has 0 amide bonds. The van der Waals surface area contributed by atoms with Crippen molar-refractivity contribution in [2.75, 3.05) is 13.1 Å². The SMILES string of the molecule is Clc1ccc2c(c1)N=C(n1cnc3ccccc31)N1CCN=C21. The van der Waals surface area contributed by atoms with Gasteiger partial charge in [-0.1, -0.05) is 23.7 Å². The lowest BCUT2D eigenvalue weighted by atomic mass is 10.1. The Morgan fingerprint density at radius 1 is 1.09 bits per heavy atom. The summed E-state index contributed by atoms with van der Waals surface area (Å²) in [4.78, 5) is 16.1. The molecule has 112 valence electrons. The zero-order valence-electron chi connectivity index (χ0n) is 12.1. The maximum atomic E-state index is 6.15. The van der Waals surface area contributed by atoms with Crippen molar-refractivity contribution < 1.29 is 0 Å². The predicted molar refractivity (Wildman–Crippen MR) is 91.8 cm³/mol. The lowest BCUT2D eigenvalue weighted by molar-refractivity contribution is 0.637. The van der Waals surface area contributed by atoms with Crippen molar-refractivity contribution in [3.05, 3.63) is 59.4 Å². The van der Waals surface area contributed by atoms with E-state index in [1.807, 2.05) is 53.4 Å². The first-order valence-electron chi connectivity index (χ1n) is 7.44. The molecule has 1 aromatic heterocycles.